The summed E-state index contributed by atoms with van der Waals surface area (Å²) in [5.74, 6) is 2.67. The molecule has 2 rings (SSSR count). The topological polar surface area (TPSA) is 9.23 Å². The average molecular weight is 335 g/mol. The van der Waals surface area contributed by atoms with Gasteiger partial charge in [0.05, 0.1) is 6.61 Å². The van der Waals surface area contributed by atoms with E-state index in [1.165, 1.54) is 10.4 Å². The summed E-state index contributed by atoms with van der Waals surface area (Å²) in [6.45, 7) is 9.29. The first-order valence-electron chi connectivity index (χ1n) is 8.30. The Balaban J connectivity index is 2.60. The summed E-state index contributed by atoms with van der Waals surface area (Å²) in [7, 11) is -2.44. The molecular formula is C22H26OSi. The fourth-order valence-corrected chi connectivity index (χ4v) is 7.60. The van der Waals surface area contributed by atoms with Crippen molar-refractivity contribution in [2.24, 2.45) is 0 Å². The minimum Gasteiger partial charge on any atom is -0.404 e. The zero-order valence-electron chi connectivity index (χ0n) is 15.0. The molecule has 2 heteroatoms. The Morgan fingerprint density at radius 2 is 1.46 bits per heavy atom. The molecule has 0 N–H and O–H groups in total. The lowest BCUT2D eigenvalue weighted by atomic mass is 10.2. The van der Waals surface area contributed by atoms with Crippen molar-refractivity contribution < 1.29 is 4.43 Å². The third kappa shape index (κ3) is 3.70. The van der Waals surface area contributed by atoms with E-state index in [-0.39, 0.29) is 5.04 Å². The third-order valence-corrected chi connectivity index (χ3v) is 9.34. The highest BCUT2D eigenvalue weighted by Gasteiger charge is 2.49. The Morgan fingerprint density at radius 3 is 1.83 bits per heavy atom. The Bertz CT molecular complexity index is 679. The second kappa shape index (κ2) is 7.66. The second-order valence-electron chi connectivity index (χ2n) is 7.01. The zero-order valence-corrected chi connectivity index (χ0v) is 16.0. The number of hydrogen-bond acceptors (Lipinski definition) is 1. The minimum atomic E-state index is -2.44. The van der Waals surface area contributed by atoms with E-state index in [1.54, 1.807) is 0 Å². The molecule has 0 spiro atoms. The maximum absolute atomic E-state index is 6.71. The summed E-state index contributed by atoms with van der Waals surface area (Å²) < 4.78 is 6.71. The van der Waals surface area contributed by atoms with Gasteiger partial charge in [-0.05, 0) is 34.0 Å². The van der Waals surface area contributed by atoms with Gasteiger partial charge in [0.25, 0.3) is 8.32 Å². The van der Waals surface area contributed by atoms with Gasteiger partial charge in [-0.3, -0.25) is 0 Å². The number of allylic oxidation sites excluding steroid dienone is 1. The van der Waals surface area contributed by atoms with Crippen LogP contribution in [0.25, 0.3) is 0 Å². The lowest BCUT2D eigenvalue weighted by molar-refractivity contribution is 0.339. The van der Waals surface area contributed by atoms with E-state index in [9.17, 15) is 0 Å². The van der Waals surface area contributed by atoms with Crippen molar-refractivity contribution in [2.45, 2.75) is 32.7 Å². The van der Waals surface area contributed by atoms with E-state index in [0.717, 1.165) is 5.57 Å². The number of benzene rings is 2. The molecule has 0 atom stereocenters. The van der Waals surface area contributed by atoms with Crippen LogP contribution in [0.2, 0.25) is 5.04 Å². The summed E-state index contributed by atoms with van der Waals surface area (Å²) in [5, 5.41) is 2.57. The van der Waals surface area contributed by atoms with Crippen molar-refractivity contribution in [3.05, 3.63) is 72.3 Å². The van der Waals surface area contributed by atoms with Gasteiger partial charge in [0, 0.05) is 0 Å². The van der Waals surface area contributed by atoms with Gasteiger partial charge in [0.1, 0.15) is 0 Å². The van der Waals surface area contributed by atoms with Crippen molar-refractivity contribution in [3.8, 4) is 12.3 Å². The summed E-state index contributed by atoms with van der Waals surface area (Å²) >= 11 is 0. The first-order chi connectivity index (χ1) is 11.4. The Labute approximate surface area is 147 Å². The predicted molar refractivity (Wildman–Crippen MR) is 106 cm³/mol. The fourth-order valence-electron chi connectivity index (χ4n) is 3.11. The number of rotatable bonds is 5. The van der Waals surface area contributed by atoms with Crippen molar-refractivity contribution in [3.63, 3.8) is 0 Å². The van der Waals surface area contributed by atoms with E-state index in [4.69, 9.17) is 10.8 Å². The second-order valence-corrected chi connectivity index (χ2v) is 11.3. The molecule has 0 saturated heterocycles. The molecule has 0 aliphatic rings. The molecule has 0 heterocycles. The predicted octanol–water partition coefficient (Wildman–Crippen LogP) is 4.14. The van der Waals surface area contributed by atoms with Crippen LogP contribution in [0.1, 0.15) is 27.7 Å². The van der Waals surface area contributed by atoms with Gasteiger partial charge in [0.15, 0.2) is 0 Å². The van der Waals surface area contributed by atoms with E-state index in [1.807, 2.05) is 13.0 Å². The maximum atomic E-state index is 6.71. The molecule has 0 aliphatic carbocycles. The van der Waals surface area contributed by atoms with Crippen LogP contribution in [0.5, 0.6) is 0 Å². The van der Waals surface area contributed by atoms with Crippen LogP contribution in [0.3, 0.4) is 0 Å². The molecule has 0 radical (unpaired) electrons. The molecule has 0 saturated carbocycles. The van der Waals surface area contributed by atoms with E-state index < -0.39 is 8.32 Å². The molecule has 124 valence electrons. The van der Waals surface area contributed by atoms with Crippen molar-refractivity contribution >= 4 is 18.7 Å². The van der Waals surface area contributed by atoms with Crippen LogP contribution >= 0.6 is 0 Å². The van der Waals surface area contributed by atoms with Crippen LogP contribution < -0.4 is 10.4 Å². The molecule has 2 aromatic carbocycles. The highest BCUT2D eigenvalue weighted by molar-refractivity contribution is 6.99. The molecular weight excluding hydrogens is 308 g/mol. The SMILES string of the molecule is C#C/C(C)=C\CO[Si](c1ccccc1)(c1ccccc1)C(C)(C)C. The molecule has 0 unspecified atom stereocenters. The largest absolute Gasteiger partial charge is 0.404 e. The molecule has 0 amide bonds. The van der Waals surface area contributed by atoms with Gasteiger partial charge in [-0.15, -0.1) is 6.42 Å². The molecule has 0 fully saturated rings. The lowest BCUT2D eigenvalue weighted by Gasteiger charge is -2.42. The summed E-state index contributed by atoms with van der Waals surface area (Å²) in [6, 6.07) is 21.3. The van der Waals surface area contributed by atoms with Gasteiger partial charge in [-0.25, -0.2) is 0 Å². The quantitative estimate of drug-likeness (QED) is 0.590. The van der Waals surface area contributed by atoms with Crippen molar-refractivity contribution in [2.75, 3.05) is 6.61 Å². The fraction of sp³-hybridized carbons (Fsp3) is 0.273. The summed E-state index contributed by atoms with van der Waals surface area (Å²) in [6.07, 6.45) is 7.47. The lowest BCUT2D eigenvalue weighted by Crippen LogP contribution is -2.66. The van der Waals surface area contributed by atoms with Crippen LogP contribution in [-0.2, 0) is 4.43 Å². The average Bonchev–Trinajstić information content (AvgIpc) is 2.59. The minimum absolute atomic E-state index is 0.00635. The van der Waals surface area contributed by atoms with Gasteiger partial charge in [0.2, 0.25) is 0 Å². The first-order valence-corrected chi connectivity index (χ1v) is 10.2. The first kappa shape index (κ1) is 18.3. The third-order valence-electron chi connectivity index (χ3n) is 4.33. The van der Waals surface area contributed by atoms with Crippen LogP contribution in [0, 0.1) is 12.3 Å². The smallest absolute Gasteiger partial charge is 0.261 e. The van der Waals surface area contributed by atoms with Crippen LogP contribution in [0.4, 0.5) is 0 Å². The maximum Gasteiger partial charge on any atom is 0.261 e. The molecule has 0 aromatic heterocycles. The normalized spacial score (nSPS) is 12.7. The summed E-state index contributed by atoms with van der Waals surface area (Å²) in [4.78, 5) is 0. The molecule has 2 aromatic rings. The van der Waals surface area contributed by atoms with Crippen LogP contribution in [-0.4, -0.2) is 14.9 Å². The highest BCUT2D eigenvalue weighted by Crippen LogP contribution is 2.36. The van der Waals surface area contributed by atoms with E-state index >= 15 is 0 Å². The van der Waals surface area contributed by atoms with E-state index in [0.29, 0.717) is 6.61 Å². The van der Waals surface area contributed by atoms with Gasteiger partial charge < -0.3 is 4.43 Å². The molecule has 0 aliphatic heterocycles. The van der Waals surface area contributed by atoms with Gasteiger partial charge in [-0.1, -0.05) is 87.4 Å². The Hall–Kier alpha value is -2.08. The van der Waals surface area contributed by atoms with Crippen molar-refractivity contribution in [1.82, 2.24) is 0 Å². The number of terminal acetylenes is 1. The Kier molecular flexibility index (Phi) is 5.83. The van der Waals surface area contributed by atoms with E-state index in [2.05, 4.69) is 87.4 Å². The van der Waals surface area contributed by atoms with Gasteiger partial charge >= 0.3 is 0 Å². The summed E-state index contributed by atoms with van der Waals surface area (Å²) in [5.41, 5.74) is 0.910. The zero-order chi connectivity index (χ0) is 17.6. The monoisotopic (exact) mass is 334 g/mol. The van der Waals surface area contributed by atoms with Crippen molar-refractivity contribution in [1.29, 1.82) is 0 Å². The van der Waals surface area contributed by atoms with Crippen LogP contribution in [0.15, 0.2) is 72.3 Å². The molecule has 24 heavy (non-hydrogen) atoms. The van der Waals surface area contributed by atoms with Gasteiger partial charge in [-0.2, -0.15) is 0 Å². The Morgan fingerprint density at radius 1 is 1.00 bits per heavy atom. The standard InChI is InChI=1S/C22H26OSi/c1-6-19(2)17-18-23-24(22(3,4)5,20-13-9-7-10-14-20)21-15-11-8-12-16-21/h1,7-17H,18H2,2-5H3/b19-17-. The molecule has 1 nitrogen and oxygen atoms in total. The molecule has 0 bridgehead atoms. The highest BCUT2D eigenvalue weighted by atomic mass is 28.4. The number of hydrogen-bond donors (Lipinski definition) is 0.